The molecule has 12 nitrogen and oxygen atoms in total. The maximum atomic E-state index is 12.0. The number of nitrogens with one attached hydrogen (secondary N) is 1. The quantitative estimate of drug-likeness (QED) is 0.0670. The van der Waals surface area contributed by atoms with Gasteiger partial charge in [-0.1, -0.05) is 43.7 Å². The van der Waals surface area contributed by atoms with Crippen LogP contribution in [0, 0.1) is 0 Å². The number of rotatable bonds is 18. The van der Waals surface area contributed by atoms with Gasteiger partial charge in [0.15, 0.2) is 6.03 Å². The molecule has 1 aromatic rings. The summed E-state index contributed by atoms with van der Waals surface area (Å²) < 4.78 is 5.35. The van der Waals surface area contributed by atoms with Crippen LogP contribution in [0.3, 0.4) is 0 Å². The summed E-state index contributed by atoms with van der Waals surface area (Å²) in [5, 5.41) is 14.2. The number of urea groups is 1. The van der Waals surface area contributed by atoms with Crippen molar-refractivity contribution in [3.8, 4) is 0 Å². The maximum absolute atomic E-state index is 12.0. The van der Waals surface area contributed by atoms with Gasteiger partial charge in [0.25, 0.3) is 0 Å². The second-order valence-electron chi connectivity index (χ2n) is 8.59. The summed E-state index contributed by atoms with van der Waals surface area (Å²) in [6.45, 7) is 1.96. The van der Waals surface area contributed by atoms with Crippen LogP contribution in [0.5, 0.6) is 0 Å². The number of carbonyl (C=O) groups is 6. The van der Waals surface area contributed by atoms with Crippen molar-refractivity contribution < 1.29 is 208 Å². The molecule has 1 fully saturated rings. The van der Waals surface area contributed by atoms with Gasteiger partial charge in [-0.15, -0.1) is 12.2 Å². The Bertz CT molecular complexity index is 967. The van der Waals surface area contributed by atoms with Crippen molar-refractivity contribution in [3.63, 3.8) is 0 Å². The summed E-state index contributed by atoms with van der Waals surface area (Å²) in [7, 11) is 0. The number of hydrogen-bond acceptors (Lipinski definition) is 7. The molecule has 6 amide bonds. The molecule has 0 aromatic heterocycles. The topological polar surface area (TPSA) is 169 Å². The van der Waals surface area contributed by atoms with E-state index in [-0.39, 0.29) is 212 Å². The fourth-order valence-electron chi connectivity index (χ4n) is 3.37. The van der Waals surface area contributed by atoms with Crippen molar-refractivity contribution in [2.24, 2.45) is 0 Å². The molecule has 1 saturated heterocycles. The number of hydrogen-bond donors (Lipinski definition) is 1. The zero-order valence-electron chi connectivity index (χ0n) is 24.4. The summed E-state index contributed by atoms with van der Waals surface area (Å²) in [5.74, 6) is -1.65. The van der Waals surface area contributed by atoms with Crippen LogP contribution in [0.25, 0.3) is 16.0 Å². The Hall–Kier alpha value is 1.62. The van der Waals surface area contributed by atoms with E-state index in [0.717, 1.165) is 25.5 Å². The molecule has 208 valence electrons. The molecule has 0 atom stereocenters. The Morgan fingerprint density at radius 1 is 0.902 bits per heavy atom. The average Bonchev–Trinajstić information content (AvgIpc) is 2.87. The number of nitrogens with zero attached hydrogens (tertiary/aromatic N) is 4. The summed E-state index contributed by atoms with van der Waals surface area (Å²) in [6.07, 6.45) is 4.51. The normalized spacial score (nSPS) is 11.4. The Kier molecular flexibility index (Phi) is 30.4. The van der Waals surface area contributed by atoms with Gasteiger partial charge < -0.3 is 40.4 Å². The summed E-state index contributed by atoms with van der Waals surface area (Å²) in [4.78, 5) is 70.2. The van der Waals surface area contributed by atoms with E-state index in [9.17, 15) is 28.8 Å². The number of aldehydes is 1. The maximum Gasteiger partial charge on any atom is 1.00 e. The first-order valence-corrected chi connectivity index (χ1v) is 12.7. The van der Waals surface area contributed by atoms with Gasteiger partial charge >= 0.3 is 175 Å². The van der Waals surface area contributed by atoms with Crippen molar-refractivity contribution >= 4 is 41.6 Å². The molecule has 0 radical (unpaired) electrons. The minimum Gasteiger partial charge on any atom is -0.651 e. The molecule has 2 rings (SSSR count). The van der Waals surface area contributed by atoms with Crippen LogP contribution in [-0.2, 0) is 35.1 Å². The molecular formula is C26H34N5O7Rb3. The Morgan fingerprint density at radius 3 is 2.27 bits per heavy atom. The van der Waals surface area contributed by atoms with E-state index in [0.29, 0.717) is 56.8 Å². The third kappa shape index (κ3) is 21.1. The minimum atomic E-state index is -0.629. The molecular weight excluding hydrogens is 751 g/mol. The zero-order valence-corrected chi connectivity index (χ0v) is 39.2. The first-order valence-electron chi connectivity index (χ1n) is 12.7. The molecule has 1 heterocycles. The summed E-state index contributed by atoms with van der Waals surface area (Å²) in [6, 6.07) is 6.07. The van der Waals surface area contributed by atoms with Gasteiger partial charge in [-0.3, -0.25) is 19.3 Å². The number of benzene rings is 1. The van der Waals surface area contributed by atoms with Crippen LogP contribution in [0.2, 0.25) is 0 Å². The smallest absolute Gasteiger partial charge is 0.651 e. The molecule has 1 aliphatic rings. The van der Waals surface area contributed by atoms with E-state index in [1.165, 1.54) is 4.90 Å². The van der Waals surface area contributed by atoms with Crippen LogP contribution in [0.4, 0.5) is 10.5 Å². The number of amides is 6. The largest absolute Gasteiger partial charge is 1.00 e. The molecule has 0 saturated carbocycles. The SMILES string of the molecule is O=CCCCCCNC(=O)[N-]CCCOCC[N-]C(=O)CC(=O)[N-]c1ccc(CC(=O)N2CCC2=O)cc1.[Rb+].[Rb+].[Rb+]. The van der Waals surface area contributed by atoms with E-state index in [1.807, 2.05) is 0 Å². The van der Waals surface area contributed by atoms with Crippen LogP contribution in [0.15, 0.2) is 24.3 Å². The van der Waals surface area contributed by atoms with E-state index < -0.39 is 18.2 Å². The monoisotopic (exact) mass is 783 g/mol. The molecule has 1 aliphatic heterocycles. The number of ether oxygens (including phenoxy) is 1. The summed E-state index contributed by atoms with van der Waals surface area (Å²) in [5.41, 5.74) is 1.05. The van der Waals surface area contributed by atoms with Gasteiger partial charge in [-0.2, -0.15) is 0 Å². The fourth-order valence-corrected chi connectivity index (χ4v) is 3.37. The predicted molar refractivity (Wildman–Crippen MR) is 139 cm³/mol. The van der Waals surface area contributed by atoms with Gasteiger partial charge in [0, 0.05) is 39.0 Å². The third-order valence-electron chi connectivity index (χ3n) is 5.50. The van der Waals surface area contributed by atoms with Gasteiger partial charge in [-0.05, 0) is 24.9 Å². The second-order valence-corrected chi connectivity index (χ2v) is 8.59. The van der Waals surface area contributed by atoms with E-state index >= 15 is 0 Å². The van der Waals surface area contributed by atoms with Gasteiger partial charge in [-0.25, -0.2) is 0 Å². The van der Waals surface area contributed by atoms with Gasteiger partial charge in [0.1, 0.15) is 6.29 Å². The van der Waals surface area contributed by atoms with Crippen molar-refractivity contribution in [2.45, 2.75) is 51.4 Å². The Balaban J connectivity index is 0. The average molecular weight is 785 g/mol. The molecule has 41 heavy (non-hydrogen) atoms. The molecule has 0 spiro atoms. The Morgan fingerprint density at radius 2 is 1.63 bits per heavy atom. The van der Waals surface area contributed by atoms with Crippen molar-refractivity contribution in [3.05, 3.63) is 45.8 Å². The second kappa shape index (κ2) is 27.9. The number of unbranched alkanes of at least 4 members (excludes halogenated alkanes) is 3. The van der Waals surface area contributed by atoms with Crippen molar-refractivity contribution in [2.75, 3.05) is 39.4 Å². The predicted octanol–water partition coefficient (Wildman–Crippen LogP) is -5.93. The molecule has 1 N–H and O–H groups in total. The molecule has 0 unspecified atom stereocenters. The Labute approximate surface area is 388 Å². The molecule has 0 aliphatic carbocycles. The minimum absolute atomic E-state index is 0. The van der Waals surface area contributed by atoms with Crippen LogP contribution >= 0.6 is 0 Å². The number of imide groups is 1. The number of β-lactam (4-membered cyclic amide) rings is 1. The molecule has 0 bridgehead atoms. The molecule has 1 aromatic carbocycles. The van der Waals surface area contributed by atoms with Gasteiger partial charge in [0.05, 0.1) is 18.2 Å². The first-order chi connectivity index (χ1) is 18.4. The number of carbonyl (C=O) groups excluding carboxylic acids is 6. The fraction of sp³-hybridized carbons (Fsp3) is 0.538. The van der Waals surface area contributed by atoms with E-state index in [4.69, 9.17) is 4.74 Å². The van der Waals surface area contributed by atoms with Crippen LogP contribution < -0.4 is 180 Å². The van der Waals surface area contributed by atoms with Crippen molar-refractivity contribution in [1.82, 2.24) is 10.2 Å². The standard InChI is InChI=1S/C26H37N5O7.3Rb/c32-15-4-2-1-3-11-28-26(37)29-12-5-16-38-17-13-27-22(33)19-23(34)30-21-8-6-20(7-9-21)18-25(36)31-14-10-24(31)35;;;/h6-9,15H,1-5,10-14,16-19H2,(H4,27,28,29,30,33,34,37);;;/q;3*+1/p-3. The van der Waals surface area contributed by atoms with Gasteiger partial charge in [0.2, 0.25) is 11.8 Å². The first kappa shape index (κ1) is 44.7. The van der Waals surface area contributed by atoms with Crippen LogP contribution in [-0.4, -0.2) is 80.2 Å². The third-order valence-corrected chi connectivity index (χ3v) is 5.50. The zero-order chi connectivity index (χ0) is 27.6. The van der Waals surface area contributed by atoms with Crippen LogP contribution in [0.1, 0.15) is 50.5 Å². The van der Waals surface area contributed by atoms with E-state index in [2.05, 4.69) is 21.3 Å². The number of likely N-dealkylation sites (tertiary alicyclic amines) is 1. The molecule has 15 heteroatoms. The van der Waals surface area contributed by atoms with Crippen molar-refractivity contribution in [1.29, 1.82) is 0 Å². The van der Waals surface area contributed by atoms with E-state index in [1.54, 1.807) is 24.3 Å². The summed E-state index contributed by atoms with van der Waals surface area (Å²) >= 11 is 0.